The Morgan fingerprint density at radius 2 is 1.93 bits per heavy atom. The summed E-state index contributed by atoms with van der Waals surface area (Å²) < 4.78 is 42.4. The van der Waals surface area contributed by atoms with Crippen LogP contribution in [0, 0.1) is 0 Å². The van der Waals surface area contributed by atoms with Gasteiger partial charge in [-0.25, -0.2) is 0 Å². The van der Waals surface area contributed by atoms with Crippen LogP contribution in [0.3, 0.4) is 0 Å². The van der Waals surface area contributed by atoms with Gasteiger partial charge in [0.25, 0.3) is 0 Å². The van der Waals surface area contributed by atoms with Crippen molar-refractivity contribution in [2.24, 2.45) is 0 Å². The maximum Gasteiger partial charge on any atom is 0.573 e. The molecule has 2 heterocycles. The molecule has 2 saturated heterocycles. The largest absolute Gasteiger partial charge is 0.573 e. The lowest BCUT2D eigenvalue weighted by Crippen LogP contribution is -2.47. The fourth-order valence-electron chi connectivity index (χ4n) is 4.26. The Labute approximate surface area is 161 Å². The first kappa shape index (κ1) is 18.8. The normalized spacial score (nSPS) is 24.9. The van der Waals surface area contributed by atoms with Gasteiger partial charge < -0.3 is 9.64 Å². The van der Waals surface area contributed by atoms with Crippen molar-refractivity contribution in [3.05, 3.63) is 54.1 Å². The standard InChI is InChI=1S/C21H21F3N2O2/c1-26-12-11-20(19(26)27)10-9-17(25-20)15-6-4-5-14(13-15)16-7-2-3-8-18(16)28-21(22,23)24/h2-8,13,17,25H,9-12H2,1H3/t17-,20-/m1/s1. The molecule has 1 N–H and O–H groups in total. The third kappa shape index (κ3) is 3.46. The van der Waals surface area contributed by atoms with Crippen LogP contribution in [0.4, 0.5) is 13.2 Å². The van der Waals surface area contributed by atoms with Crippen LogP contribution in [0.25, 0.3) is 11.1 Å². The summed E-state index contributed by atoms with van der Waals surface area (Å²) in [4.78, 5) is 14.3. The van der Waals surface area contributed by atoms with Crippen molar-refractivity contribution in [1.82, 2.24) is 10.2 Å². The highest BCUT2D eigenvalue weighted by atomic mass is 19.4. The fourth-order valence-corrected chi connectivity index (χ4v) is 4.26. The number of rotatable bonds is 3. The van der Waals surface area contributed by atoms with Crippen molar-refractivity contribution in [3.8, 4) is 16.9 Å². The number of carbonyl (C=O) groups excluding carboxylic acids is 1. The molecule has 1 amide bonds. The zero-order valence-electron chi connectivity index (χ0n) is 15.4. The van der Waals surface area contributed by atoms with Crippen molar-refractivity contribution in [3.63, 3.8) is 0 Å². The second kappa shape index (κ2) is 6.81. The fraction of sp³-hybridized carbons (Fsp3) is 0.381. The summed E-state index contributed by atoms with van der Waals surface area (Å²) in [5, 5.41) is 3.49. The van der Waals surface area contributed by atoms with Crippen molar-refractivity contribution < 1.29 is 22.7 Å². The van der Waals surface area contributed by atoms with Crippen LogP contribution in [-0.4, -0.2) is 36.3 Å². The Balaban J connectivity index is 1.61. The number of nitrogens with zero attached hydrogens (tertiary/aromatic N) is 1. The van der Waals surface area contributed by atoms with Gasteiger partial charge in [-0.2, -0.15) is 0 Å². The van der Waals surface area contributed by atoms with Crippen molar-refractivity contribution >= 4 is 5.91 Å². The van der Waals surface area contributed by atoms with Crippen LogP contribution in [-0.2, 0) is 4.79 Å². The molecule has 2 aromatic carbocycles. The molecular weight excluding hydrogens is 369 g/mol. The van der Waals surface area contributed by atoms with Gasteiger partial charge in [0.15, 0.2) is 0 Å². The molecular formula is C21H21F3N2O2. The van der Waals surface area contributed by atoms with E-state index in [1.807, 2.05) is 25.2 Å². The molecule has 2 aliphatic rings. The van der Waals surface area contributed by atoms with Crippen LogP contribution in [0.15, 0.2) is 48.5 Å². The van der Waals surface area contributed by atoms with E-state index in [9.17, 15) is 18.0 Å². The number of para-hydroxylation sites is 1. The average molecular weight is 390 g/mol. The van der Waals surface area contributed by atoms with E-state index in [1.165, 1.54) is 12.1 Å². The summed E-state index contributed by atoms with van der Waals surface area (Å²) in [6.07, 6.45) is -2.40. The van der Waals surface area contributed by atoms with E-state index < -0.39 is 11.9 Å². The summed E-state index contributed by atoms with van der Waals surface area (Å²) in [7, 11) is 1.81. The van der Waals surface area contributed by atoms with Gasteiger partial charge >= 0.3 is 6.36 Å². The number of likely N-dealkylation sites (N-methyl/N-ethyl adjacent to an activating group) is 1. The average Bonchev–Trinajstić information content (AvgIpc) is 3.21. The van der Waals surface area contributed by atoms with Crippen LogP contribution < -0.4 is 10.1 Å². The minimum Gasteiger partial charge on any atom is -0.405 e. The van der Waals surface area contributed by atoms with E-state index in [0.717, 1.165) is 31.4 Å². The molecule has 4 nitrogen and oxygen atoms in total. The number of benzene rings is 2. The van der Waals surface area contributed by atoms with E-state index >= 15 is 0 Å². The van der Waals surface area contributed by atoms with Gasteiger partial charge in [0.05, 0.1) is 0 Å². The van der Waals surface area contributed by atoms with E-state index in [2.05, 4.69) is 10.1 Å². The van der Waals surface area contributed by atoms with Crippen LogP contribution in [0.2, 0.25) is 0 Å². The maximum atomic E-state index is 12.7. The van der Waals surface area contributed by atoms with E-state index in [0.29, 0.717) is 11.1 Å². The Morgan fingerprint density at radius 1 is 1.14 bits per heavy atom. The Hall–Kier alpha value is -2.54. The molecule has 2 fully saturated rings. The van der Waals surface area contributed by atoms with Crippen LogP contribution >= 0.6 is 0 Å². The molecule has 2 atom stereocenters. The highest BCUT2D eigenvalue weighted by molar-refractivity contribution is 5.88. The number of hydrogen-bond donors (Lipinski definition) is 1. The first-order valence-electron chi connectivity index (χ1n) is 9.26. The van der Waals surface area contributed by atoms with Gasteiger partial charge in [0.2, 0.25) is 5.91 Å². The lowest BCUT2D eigenvalue weighted by molar-refractivity contribution is -0.274. The number of alkyl halides is 3. The van der Waals surface area contributed by atoms with Crippen LogP contribution in [0.1, 0.15) is 30.9 Å². The maximum absolute atomic E-state index is 12.7. The molecule has 0 radical (unpaired) electrons. The molecule has 0 aromatic heterocycles. The van der Waals surface area contributed by atoms with Gasteiger partial charge in [0.1, 0.15) is 11.3 Å². The minimum absolute atomic E-state index is 0.00824. The molecule has 7 heteroatoms. The second-order valence-corrected chi connectivity index (χ2v) is 7.46. The SMILES string of the molecule is CN1CC[C@]2(CC[C@H](c3cccc(-c4ccccc4OC(F)(F)F)c3)N2)C1=O. The predicted molar refractivity (Wildman–Crippen MR) is 98.7 cm³/mol. The van der Waals surface area contributed by atoms with Gasteiger partial charge in [-0.05, 0) is 42.5 Å². The topological polar surface area (TPSA) is 41.6 Å². The summed E-state index contributed by atoms with van der Waals surface area (Å²) in [6, 6.07) is 13.5. The highest BCUT2D eigenvalue weighted by Crippen LogP contribution is 2.40. The molecule has 28 heavy (non-hydrogen) atoms. The highest BCUT2D eigenvalue weighted by Gasteiger charge is 2.50. The zero-order chi connectivity index (χ0) is 19.9. The second-order valence-electron chi connectivity index (χ2n) is 7.46. The Kier molecular flexibility index (Phi) is 4.57. The molecule has 0 bridgehead atoms. The molecule has 148 valence electrons. The third-order valence-electron chi connectivity index (χ3n) is 5.65. The quantitative estimate of drug-likeness (QED) is 0.851. The summed E-state index contributed by atoms with van der Waals surface area (Å²) in [6.45, 7) is 0.737. The van der Waals surface area contributed by atoms with Gasteiger partial charge in [-0.3, -0.25) is 10.1 Å². The Morgan fingerprint density at radius 3 is 2.64 bits per heavy atom. The molecule has 0 unspecified atom stereocenters. The minimum atomic E-state index is -4.75. The van der Waals surface area contributed by atoms with Gasteiger partial charge in [0, 0.05) is 25.2 Å². The number of hydrogen-bond acceptors (Lipinski definition) is 3. The number of nitrogens with one attached hydrogen (secondary N) is 1. The summed E-state index contributed by atoms with van der Waals surface area (Å²) in [5.74, 6) is -0.106. The molecule has 2 aromatic rings. The summed E-state index contributed by atoms with van der Waals surface area (Å²) in [5.41, 5.74) is 1.48. The van der Waals surface area contributed by atoms with Crippen molar-refractivity contribution in [1.29, 1.82) is 0 Å². The number of carbonyl (C=O) groups is 1. The smallest absolute Gasteiger partial charge is 0.405 e. The van der Waals surface area contributed by atoms with Gasteiger partial charge in [-0.1, -0.05) is 36.4 Å². The number of amides is 1. The molecule has 2 aliphatic heterocycles. The molecule has 1 spiro atoms. The van der Waals surface area contributed by atoms with E-state index in [1.54, 1.807) is 23.1 Å². The van der Waals surface area contributed by atoms with Crippen molar-refractivity contribution in [2.45, 2.75) is 37.2 Å². The first-order chi connectivity index (χ1) is 13.3. The van der Waals surface area contributed by atoms with E-state index in [4.69, 9.17) is 0 Å². The lowest BCUT2D eigenvalue weighted by Gasteiger charge is -2.23. The molecule has 0 saturated carbocycles. The Bertz CT molecular complexity index is 899. The third-order valence-corrected chi connectivity index (χ3v) is 5.65. The monoisotopic (exact) mass is 390 g/mol. The molecule has 0 aliphatic carbocycles. The van der Waals surface area contributed by atoms with Gasteiger partial charge in [-0.15, -0.1) is 13.2 Å². The lowest BCUT2D eigenvalue weighted by atomic mass is 9.95. The van der Waals surface area contributed by atoms with E-state index in [-0.39, 0.29) is 17.7 Å². The zero-order valence-corrected chi connectivity index (χ0v) is 15.4. The predicted octanol–water partition coefficient (Wildman–Crippen LogP) is 4.28. The van der Waals surface area contributed by atoms with Crippen molar-refractivity contribution in [2.75, 3.05) is 13.6 Å². The number of ether oxygens (including phenoxy) is 1. The number of likely N-dealkylation sites (tertiary alicyclic amines) is 1. The number of halogens is 3. The summed E-state index contributed by atoms with van der Waals surface area (Å²) >= 11 is 0. The van der Waals surface area contributed by atoms with Crippen LogP contribution in [0.5, 0.6) is 5.75 Å². The molecule has 4 rings (SSSR count). The first-order valence-corrected chi connectivity index (χ1v) is 9.26.